The molecular formula is C30H35BrClN3O4S. The second kappa shape index (κ2) is 12.7. The van der Waals surface area contributed by atoms with Crippen molar-refractivity contribution in [2.24, 2.45) is 0 Å². The highest BCUT2D eigenvalue weighted by molar-refractivity contribution is 9.10. The molecule has 1 atom stereocenters. The Labute approximate surface area is 250 Å². The Morgan fingerprint density at radius 1 is 0.975 bits per heavy atom. The Bertz CT molecular complexity index is 1490. The summed E-state index contributed by atoms with van der Waals surface area (Å²) < 4.78 is 29.8. The normalized spacial score (nSPS) is 12.5. The van der Waals surface area contributed by atoms with Crippen molar-refractivity contribution in [3.05, 3.63) is 92.9 Å². The molecular weight excluding hydrogens is 614 g/mol. The van der Waals surface area contributed by atoms with E-state index in [0.717, 1.165) is 25.5 Å². The predicted octanol–water partition coefficient (Wildman–Crippen LogP) is 6.25. The molecule has 0 saturated heterocycles. The highest BCUT2D eigenvalue weighted by Gasteiger charge is 2.33. The maximum absolute atomic E-state index is 14.0. The van der Waals surface area contributed by atoms with Gasteiger partial charge in [-0.1, -0.05) is 45.7 Å². The molecule has 3 rings (SSSR count). The number of amides is 2. The van der Waals surface area contributed by atoms with Gasteiger partial charge in [0.1, 0.15) is 12.6 Å². The van der Waals surface area contributed by atoms with E-state index in [4.69, 9.17) is 11.6 Å². The molecule has 0 saturated carbocycles. The molecule has 7 nitrogen and oxygen atoms in total. The van der Waals surface area contributed by atoms with Gasteiger partial charge in [-0.05, 0) is 107 Å². The minimum Gasteiger partial charge on any atom is -0.350 e. The van der Waals surface area contributed by atoms with Crippen LogP contribution in [-0.2, 0) is 26.2 Å². The molecule has 0 aromatic heterocycles. The molecule has 0 radical (unpaired) electrons. The zero-order valence-electron chi connectivity index (χ0n) is 23.5. The van der Waals surface area contributed by atoms with Crippen LogP contribution >= 0.6 is 27.5 Å². The van der Waals surface area contributed by atoms with Crippen LogP contribution < -0.4 is 9.62 Å². The number of hydrogen-bond acceptors (Lipinski definition) is 4. The lowest BCUT2D eigenvalue weighted by molar-refractivity contribution is -0.140. The van der Waals surface area contributed by atoms with E-state index in [9.17, 15) is 18.0 Å². The average molecular weight is 649 g/mol. The van der Waals surface area contributed by atoms with Crippen LogP contribution in [0.1, 0.15) is 44.4 Å². The third kappa shape index (κ3) is 8.08. The molecule has 0 aliphatic heterocycles. The maximum Gasteiger partial charge on any atom is 0.264 e. The van der Waals surface area contributed by atoms with Crippen LogP contribution in [0.15, 0.2) is 76.1 Å². The van der Waals surface area contributed by atoms with Crippen LogP contribution in [-0.4, -0.2) is 43.3 Å². The largest absolute Gasteiger partial charge is 0.350 e. The van der Waals surface area contributed by atoms with E-state index >= 15 is 0 Å². The molecule has 40 heavy (non-hydrogen) atoms. The number of carbonyl (C=O) groups excluding carboxylic acids is 2. The Kier molecular flexibility index (Phi) is 10.1. The molecule has 0 heterocycles. The van der Waals surface area contributed by atoms with Gasteiger partial charge in [-0.25, -0.2) is 8.42 Å². The molecule has 0 fully saturated rings. The standard InChI is InChI=1S/C30H35BrClN3O4S/c1-20-10-13-26(16-21(20)2)35(40(38,39)27-14-11-25(32)12-15-27)19-28(36)34(18-23-8-7-9-24(31)17-23)22(3)29(37)33-30(4,5)6/h7-17,22H,18-19H2,1-6H3,(H,33,37). The molecule has 10 heteroatoms. The van der Waals surface area contributed by atoms with E-state index in [0.29, 0.717) is 10.7 Å². The summed E-state index contributed by atoms with van der Waals surface area (Å²) in [4.78, 5) is 28.6. The van der Waals surface area contributed by atoms with Gasteiger partial charge in [-0.3, -0.25) is 13.9 Å². The van der Waals surface area contributed by atoms with Gasteiger partial charge < -0.3 is 10.2 Å². The number of nitrogens with zero attached hydrogens (tertiary/aromatic N) is 2. The van der Waals surface area contributed by atoms with E-state index in [1.165, 1.54) is 29.2 Å². The molecule has 3 aromatic rings. The van der Waals surface area contributed by atoms with Crippen molar-refractivity contribution in [3.63, 3.8) is 0 Å². The summed E-state index contributed by atoms with van der Waals surface area (Å²) in [6.45, 7) is 10.6. The lowest BCUT2D eigenvalue weighted by atomic mass is 10.1. The van der Waals surface area contributed by atoms with Gasteiger partial charge >= 0.3 is 0 Å². The summed E-state index contributed by atoms with van der Waals surface area (Å²) in [5, 5.41) is 3.32. The van der Waals surface area contributed by atoms with E-state index in [1.54, 1.807) is 19.1 Å². The molecule has 0 spiro atoms. The van der Waals surface area contributed by atoms with E-state index in [2.05, 4.69) is 21.2 Å². The number of rotatable bonds is 9. The van der Waals surface area contributed by atoms with Gasteiger partial charge in [0, 0.05) is 21.6 Å². The summed E-state index contributed by atoms with van der Waals surface area (Å²) in [6.07, 6.45) is 0. The predicted molar refractivity (Wildman–Crippen MR) is 164 cm³/mol. The first-order valence-electron chi connectivity index (χ1n) is 12.8. The molecule has 214 valence electrons. The fourth-order valence-corrected chi connectivity index (χ4v) is 6.01. The topological polar surface area (TPSA) is 86.8 Å². The summed E-state index contributed by atoms with van der Waals surface area (Å²) in [5.41, 5.74) is 2.49. The first kappa shape index (κ1) is 31.6. The number of carbonyl (C=O) groups is 2. The van der Waals surface area contributed by atoms with Gasteiger partial charge in [0.2, 0.25) is 11.8 Å². The van der Waals surface area contributed by atoms with Crippen LogP contribution in [0, 0.1) is 13.8 Å². The smallest absolute Gasteiger partial charge is 0.264 e. The van der Waals surface area contributed by atoms with Gasteiger partial charge in [0.25, 0.3) is 10.0 Å². The van der Waals surface area contributed by atoms with Crippen LogP contribution in [0.25, 0.3) is 0 Å². The van der Waals surface area contributed by atoms with Crippen LogP contribution in [0.2, 0.25) is 5.02 Å². The van der Waals surface area contributed by atoms with Gasteiger partial charge in [0.05, 0.1) is 10.6 Å². The van der Waals surface area contributed by atoms with Crippen molar-refractivity contribution in [2.45, 2.75) is 64.6 Å². The van der Waals surface area contributed by atoms with Gasteiger partial charge in [-0.15, -0.1) is 0 Å². The quantitative estimate of drug-likeness (QED) is 0.297. The fraction of sp³-hybridized carbons (Fsp3) is 0.333. The number of sulfonamides is 1. The van der Waals surface area contributed by atoms with Gasteiger partial charge in [-0.2, -0.15) is 0 Å². The molecule has 0 aliphatic carbocycles. The van der Waals surface area contributed by atoms with Gasteiger partial charge in [0.15, 0.2) is 0 Å². The van der Waals surface area contributed by atoms with Crippen molar-refractivity contribution >= 4 is 55.1 Å². The highest BCUT2D eigenvalue weighted by atomic mass is 79.9. The first-order chi connectivity index (χ1) is 18.6. The zero-order valence-corrected chi connectivity index (χ0v) is 26.7. The second-order valence-corrected chi connectivity index (χ2v) is 14.0. The molecule has 0 bridgehead atoms. The minimum absolute atomic E-state index is 0.00000731. The van der Waals surface area contributed by atoms with E-state index < -0.39 is 34.1 Å². The molecule has 1 N–H and O–H groups in total. The summed E-state index contributed by atoms with van der Waals surface area (Å²) in [6, 6.07) is 17.6. The maximum atomic E-state index is 14.0. The molecule has 2 amide bonds. The van der Waals surface area contributed by atoms with Crippen LogP contribution in [0.3, 0.4) is 0 Å². The van der Waals surface area contributed by atoms with Crippen LogP contribution in [0.5, 0.6) is 0 Å². The van der Waals surface area contributed by atoms with Crippen LogP contribution in [0.4, 0.5) is 5.69 Å². The third-order valence-corrected chi connectivity index (χ3v) is 8.90. The number of nitrogens with one attached hydrogen (secondary N) is 1. The Morgan fingerprint density at radius 2 is 1.62 bits per heavy atom. The number of aryl methyl sites for hydroxylation is 2. The Hall–Kier alpha value is -2.88. The highest BCUT2D eigenvalue weighted by Crippen LogP contribution is 2.27. The van der Waals surface area contributed by atoms with Crippen molar-refractivity contribution in [1.82, 2.24) is 10.2 Å². The number of hydrogen-bond donors (Lipinski definition) is 1. The fourth-order valence-electron chi connectivity index (χ4n) is 4.03. The second-order valence-electron chi connectivity index (χ2n) is 10.8. The number of benzene rings is 3. The summed E-state index contributed by atoms with van der Waals surface area (Å²) in [7, 11) is -4.16. The van der Waals surface area contributed by atoms with E-state index in [1.807, 2.05) is 65.0 Å². The Balaban J connectivity index is 2.07. The van der Waals surface area contributed by atoms with Crippen molar-refractivity contribution in [2.75, 3.05) is 10.8 Å². The van der Waals surface area contributed by atoms with Crippen molar-refractivity contribution in [3.8, 4) is 0 Å². The molecule has 1 unspecified atom stereocenters. The zero-order chi connectivity index (χ0) is 29.8. The average Bonchev–Trinajstić information content (AvgIpc) is 2.86. The van der Waals surface area contributed by atoms with Crippen molar-refractivity contribution < 1.29 is 18.0 Å². The van der Waals surface area contributed by atoms with Crippen molar-refractivity contribution in [1.29, 1.82) is 0 Å². The monoisotopic (exact) mass is 647 g/mol. The summed E-state index contributed by atoms with van der Waals surface area (Å²) in [5.74, 6) is -0.860. The molecule has 3 aromatic carbocycles. The number of halogens is 2. The molecule has 0 aliphatic rings. The minimum atomic E-state index is -4.16. The first-order valence-corrected chi connectivity index (χ1v) is 15.4. The number of anilines is 1. The SMILES string of the molecule is Cc1ccc(N(CC(=O)N(Cc2cccc(Br)c2)C(C)C(=O)NC(C)(C)C)S(=O)(=O)c2ccc(Cl)cc2)cc1C. The third-order valence-electron chi connectivity index (χ3n) is 6.37. The summed E-state index contributed by atoms with van der Waals surface area (Å²) >= 11 is 9.47. The lowest BCUT2D eigenvalue weighted by Gasteiger charge is -2.33. The Morgan fingerprint density at radius 3 is 2.20 bits per heavy atom. The van der Waals surface area contributed by atoms with E-state index in [-0.39, 0.29) is 17.3 Å². The lowest BCUT2D eigenvalue weighted by Crippen LogP contribution is -2.54.